The van der Waals surface area contributed by atoms with E-state index in [1.807, 2.05) is 0 Å². The maximum atomic E-state index is 2.45. The number of nitrogens with zero attached hydrogens (tertiary/aromatic N) is 2. The fourth-order valence-electron chi connectivity index (χ4n) is 7.36. The van der Waals surface area contributed by atoms with Gasteiger partial charge >= 0.3 is 0 Å². The molecular formula is C45H38N2. The van der Waals surface area contributed by atoms with Crippen LogP contribution in [0, 0.1) is 13.8 Å². The van der Waals surface area contributed by atoms with Gasteiger partial charge in [0.2, 0.25) is 0 Å². The molecule has 0 fully saturated rings. The molecule has 1 heterocycles. The molecule has 0 saturated carbocycles. The molecule has 7 aromatic rings. The maximum Gasteiger partial charge on any atom is 0.0537 e. The quantitative estimate of drug-likeness (QED) is 0.171. The Labute approximate surface area is 277 Å². The van der Waals surface area contributed by atoms with Gasteiger partial charge in [0.15, 0.2) is 0 Å². The Hall–Kier alpha value is -5.60. The molecule has 0 radical (unpaired) electrons. The van der Waals surface area contributed by atoms with Gasteiger partial charge in [0.05, 0.1) is 5.52 Å². The summed E-state index contributed by atoms with van der Waals surface area (Å²) in [7, 11) is 0. The van der Waals surface area contributed by atoms with Crippen molar-refractivity contribution in [2.45, 2.75) is 33.1 Å². The number of fused-ring (bicyclic) bond motifs is 4. The van der Waals surface area contributed by atoms with Crippen LogP contribution in [0.25, 0.3) is 39.9 Å². The minimum Gasteiger partial charge on any atom is -0.314 e. The first-order valence-electron chi connectivity index (χ1n) is 16.4. The van der Waals surface area contributed by atoms with Crippen LogP contribution in [0.1, 0.15) is 47.4 Å². The van der Waals surface area contributed by atoms with Crippen molar-refractivity contribution < 1.29 is 0 Å². The van der Waals surface area contributed by atoms with E-state index in [2.05, 4.69) is 195 Å². The Morgan fingerprint density at radius 3 is 1.70 bits per heavy atom. The van der Waals surface area contributed by atoms with E-state index in [9.17, 15) is 0 Å². The molecule has 0 saturated heterocycles. The van der Waals surface area contributed by atoms with E-state index >= 15 is 0 Å². The van der Waals surface area contributed by atoms with Crippen LogP contribution in [-0.2, 0) is 5.41 Å². The third kappa shape index (κ3) is 4.89. The SMILES string of the molecule is Cc1c(C)n(-c2ccccc2)c2cc3c(cc12)-c1ccc(/C=C/c2ccc(N(c4ccccc4)c4ccccc4)cc2)cc1C3(C)C. The maximum absolute atomic E-state index is 2.45. The molecule has 0 unspecified atom stereocenters. The molecule has 0 N–H and O–H groups in total. The Morgan fingerprint density at radius 2 is 1.06 bits per heavy atom. The van der Waals surface area contributed by atoms with E-state index in [0.29, 0.717) is 0 Å². The van der Waals surface area contributed by atoms with Gasteiger partial charge in [-0.05, 0) is 113 Å². The van der Waals surface area contributed by atoms with Crippen molar-refractivity contribution in [1.29, 1.82) is 0 Å². The first-order chi connectivity index (χ1) is 22.9. The third-order valence-electron chi connectivity index (χ3n) is 10.0. The second kappa shape index (κ2) is 11.3. The number of para-hydroxylation sites is 3. The lowest BCUT2D eigenvalue weighted by Gasteiger charge is -2.25. The molecule has 1 aromatic heterocycles. The molecule has 6 aromatic carbocycles. The van der Waals surface area contributed by atoms with Crippen LogP contribution in [0.5, 0.6) is 0 Å². The number of rotatable bonds is 6. The van der Waals surface area contributed by atoms with E-state index in [-0.39, 0.29) is 5.41 Å². The number of benzene rings is 6. The van der Waals surface area contributed by atoms with Crippen LogP contribution in [0.4, 0.5) is 17.1 Å². The largest absolute Gasteiger partial charge is 0.314 e. The molecule has 0 bridgehead atoms. The topological polar surface area (TPSA) is 8.17 Å². The Bertz CT molecular complexity index is 2220. The smallest absolute Gasteiger partial charge is 0.0537 e. The van der Waals surface area contributed by atoms with E-state index in [1.54, 1.807) is 0 Å². The molecule has 228 valence electrons. The van der Waals surface area contributed by atoms with Crippen molar-refractivity contribution in [3.8, 4) is 16.8 Å². The van der Waals surface area contributed by atoms with Gasteiger partial charge in [-0.15, -0.1) is 0 Å². The highest BCUT2D eigenvalue weighted by atomic mass is 15.1. The van der Waals surface area contributed by atoms with E-state index in [4.69, 9.17) is 0 Å². The summed E-state index contributed by atoms with van der Waals surface area (Å²) >= 11 is 0. The van der Waals surface area contributed by atoms with Crippen LogP contribution in [0.15, 0.2) is 146 Å². The summed E-state index contributed by atoms with van der Waals surface area (Å²) in [6, 6.07) is 52.5. The van der Waals surface area contributed by atoms with Gasteiger partial charge in [0.25, 0.3) is 0 Å². The summed E-state index contributed by atoms with van der Waals surface area (Å²) in [6.45, 7) is 9.24. The van der Waals surface area contributed by atoms with Crippen LogP contribution in [0.2, 0.25) is 0 Å². The Balaban J connectivity index is 1.11. The fraction of sp³-hybridized carbons (Fsp3) is 0.111. The molecule has 47 heavy (non-hydrogen) atoms. The summed E-state index contributed by atoms with van der Waals surface area (Å²) in [5.41, 5.74) is 16.3. The van der Waals surface area contributed by atoms with Gasteiger partial charge in [-0.2, -0.15) is 0 Å². The third-order valence-corrected chi connectivity index (χ3v) is 10.0. The first kappa shape index (κ1) is 28.8. The molecule has 2 nitrogen and oxygen atoms in total. The van der Waals surface area contributed by atoms with E-state index < -0.39 is 0 Å². The zero-order valence-corrected chi connectivity index (χ0v) is 27.4. The summed E-state index contributed by atoms with van der Waals surface area (Å²) in [4.78, 5) is 2.29. The first-order valence-corrected chi connectivity index (χ1v) is 16.4. The second-order valence-corrected chi connectivity index (χ2v) is 13.2. The van der Waals surface area contributed by atoms with Gasteiger partial charge in [-0.1, -0.05) is 111 Å². The molecule has 8 rings (SSSR count). The zero-order chi connectivity index (χ0) is 32.1. The van der Waals surface area contributed by atoms with Crippen molar-refractivity contribution in [2.75, 3.05) is 4.90 Å². The van der Waals surface area contributed by atoms with E-state index in [1.165, 1.54) is 61.2 Å². The fourth-order valence-corrected chi connectivity index (χ4v) is 7.36. The second-order valence-electron chi connectivity index (χ2n) is 13.2. The average Bonchev–Trinajstić information content (AvgIpc) is 3.49. The lowest BCUT2D eigenvalue weighted by Crippen LogP contribution is -2.15. The molecule has 1 aliphatic rings. The minimum absolute atomic E-state index is 0.101. The number of hydrogen-bond donors (Lipinski definition) is 0. The zero-order valence-electron chi connectivity index (χ0n) is 27.4. The highest BCUT2D eigenvalue weighted by Gasteiger charge is 2.36. The molecule has 0 aliphatic heterocycles. The van der Waals surface area contributed by atoms with E-state index in [0.717, 1.165) is 17.1 Å². The standard InChI is InChI=1S/C45H38N2/c1-31-32(2)46(35-14-8-5-9-15-35)44-30-43-41(29-40(31)44)39-27-24-34(28-42(39)45(43,3)4)21-20-33-22-25-38(26-23-33)47(36-16-10-6-11-17-36)37-18-12-7-13-19-37/h5-30H,1-4H3/b21-20+. The molecule has 2 heteroatoms. The summed E-state index contributed by atoms with van der Waals surface area (Å²) in [6.07, 6.45) is 4.47. The normalized spacial score (nSPS) is 13.2. The predicted octanol–water partition coefficient (Wildman–Crippen LogP) is 12.2. The monoisotopic (exact) mass is 606 g/mol. The molecule has 0 atom stereocenters. The lowest BCUT2D eigenvalue weighted by atomic mass is 9.81. The van der Waals surface area contributed by atoms with Gasteiger partial charge in [-0.25, -0.2) is 0 Å². The number of aryl methyl sites for hydroxylation is 1. The van der Waals surface area contributed by atoms with Crippen molar-refractivity contribution >= 4 is 40.1 Å². The number of hydrogen-bond acceptors (Lipinski definition) is 1. The highest BCUT2D eigenvalue weighted by molar-refractivity contribution is 5.96. The Morgan fingerprint density at radius 1 is 0.532 bits per heavy atom. The van der Waals surface area contributed by atoms with Crippen molar-refractivity contribution in [3.05, 3.63) is 179 Å². The van der Waals surface area contributed by atoms with Gasteiger partial charge in [-0.3, -0.25) is 0 Å². The number of aromatic nitrogens is 1. The van der Waals surface area contributed by atoms with Gasteiger partial charge < -0.3 is 9.47 Å². The Kier molecular flexibility index (Phi) is 6.95. The molecule has 0 spiro atoms. The van der Waals surface area contributed by atoms with Crippen molar-refractivity contribution in [2.24, 2.45) is 0 Å². The molecule has 0 amide bonds. The summed E-state index contributed by atoms with van der Waals surface area (Å²) in [5, 5.41) is 1.33. The van der Waals surface area contributed by atoms with Gasteiger partial charge in [0.1, 0.15) is 0 Å². The van der Waals surface area contributed by atoms with Crippen LogP contribution in [0.3, 0.4) is 0 Å². The highest BCUT2D eigenvalue weighted by Crippen LogP contribution is 2.51. The molecular weight excluding hydrogens is 569 g/mol. The van der Waals surface area contributed by atoms with Crippen molar-refractivity contribution in [1.82, 2.24) is 4.57 Å². The number of anilines is 3. The summed E-state index contributed by atoms with van der Waals surface area (Å²) in [5.74, 6) is 0. The summed E-state index contributed by atoms with van der Waals surface area (Å²) < 4.78 is 2.42. The van der Waals surface area contributed by atoms with Crippen LogP contribution >= 0.6 is 0 Å². The average molecular weight is 607 g/mol. The van der Waals surface area contributed by atoms with Gasteiger partial charge in [0, 0.05) is 39.2 Å². The lowest BCUT2D eigenvalue weighted by molar-refractivity contribution is 0.660. The van der Waals surface area contributed by atoms with Crippen molar-refractivity contribution in [3.63, 3.8) is 0 Å². The van der Waals surface area contributed by atoms with Crippen LogP contribution in [-0.4, -0.2) is 4.57 Å². The van der Waals surface area contributed by atoms with Crippen LogP contribution < -0.4 is 4.90 Å². The predicted molar refractivity (Wildman–Crippen MR) is 200 cm³/mol. The molecule has 1 aliphatic carbocycles. The minimum atomic E-state index is -0.101.